The molecule has 0 rings (SSSR count). The van der Waals surface area contributed by atoms with E-state index in [9.17, 15) is 88.2 Å². The highest BCUT2D eigenvalue weighted by Crippen LogP contribution is 2.67. The van der Waals surface area contributed by atoms with Crippen molar-refractivity contribution < 1.29 is 93.3 Å². The molecule has 0 fully saturated rings. The van der Waals surface area contributed by atoms with E-state index in [1.54, 1.807) is 0 Å². The molecule has 31 heavy (non-hydrogen) atoms. The maximum Gasteiger partial charge on any atom is 0.438 e. The molecule has 21 heteroatoms. The molecule has 0 saturated carbocycles. The van der Waals surface area contributed by atoms with Crippen LogP contribution in [0, 0.1) is 0 Å². The van der Waals surface area contributed by atoms with Crippen LogP contribution in [-0.2, 0) is 4.79 Å². The Hall–Kier alpha value is -1.86. The van der Waals surface area contributed by atoms with Crippen molar-refractivity contribution in [3.8, 4) is 0 Å². The van der Waals surface area contributed by atoms with Crippen molar-refractivity contribution in [1.82, 2.24) is 0 Å². The zero-order valence-corrected chi connectivity index (χ0v) is 13.0. The third-order valence-corrected chi connectivity index (χ3v) is 3.53. The van der Waals surface area contributed by atoms with Crippen LogP contribution in [-0.4, -0.2) is 64.6 Å². The summed E-state index contributed by atoms with van der Waals surface area (Å²) in [5.74, 6) is -40.3. The zero-order chi connectivity index (χ0) is 26.1. The predicted molar refractivity (Wildman–Crippen MR) is 53.3 cm³/mol. The quantitative estimate of drug-likeness (QED) is 0.461. The molecule has 0 spiro atoms. The molecule has 0 aliphatic rings. The van der Waals surface area contributed by atoms with E-state index in [0.717, 1.165) is 0 Å². The van der Waals surface area contributed by atoms with Crippen molar-refractivity contribution >= 4 is 5.97 Å². The second-order valence-corrected chi connectivity index (χ2v) is 5.41. The minimum absolute atomic E-state index is 4.75. The zero-order valence-electron chi connectivity index (χ0n) is 13.0. The summed E-state index contributed by atoms with van der Waals surface area (Å²) < 4.78 is 243. The van der Waals surface area contributed by atoms with Gasteiger partial charge in [0.1, 0.15) is 0 Å². The first-order valence-electron chi connectivity index (χ1n) is 6.27. The summed E-state index contributed by atoms with van der Waals surface area (Å²) in [5, 5.41) is 7.70. The topological polar surface area (TPSA) is 37.3 Å². The van der Waals surface area contributed by atoms with Gasteiger partial charge in [-0.1, -0.05) is 0 Å². The minimum Gasteiger partial charge on any atom is -0.477 e. The van der Waals surface area contributed by atoms with E-state index in [-0.39, 0.29) is 0 Å². The highest BCUT2D eigenvalue weighted by Gasteiger charge is 3.00. The molecule has 2 nitrogen and oxygen atoms in total. The summed E-state index contributed by atoms with van der Waals surface area (Å²) in [6.45, 7) is 0. The van der Waals surface area contributed by atoms with Gasteiger partial charge in [-0.2, -0.15) is 74.6 Å². The number of halogens is 19. The largest absolute Gasteiger partial charge is 0.477 e. The molecule has 0 saturated heterocycles. The van der Waals surface area contributed by atoms with Gasteiger partial charge in [-0.25, -0.2) is 13.6 Å². The number of carboxylic acids is 1. The fourth-order valence-electron chi connectivity index (χ4n) is 1.85. The first-order valence-corrected chi connectivity index (χ1v) is 6.27. The standard InChI is InChI=1S/C10HF19O2/c11-2(12,1(30)31)3(13,8(21,22)23)5(15,16)7(19,20)6(17,18)4(14,9(24,25)26)10(27,28)29/h(H,30,31)/t3-/m0/s1. The van der Waals surface area contributed by atoms with E-state index in [1.165, 1.54) is 0 Å². The fourth-order valence-corrected chi connectivity index (χ4v) is 1.85. The first kappa shape index (κ1) is 29.1. The van der Waals surface area contributed by atoms with Crippen molar-refractivity contribution in [2.45, 2.75) is 53.6 Å². The maximum absolute atomic E-state index is 13.6. The van der Waals surface area contributed by atoms with Crippen LogP contribution in [0.25, 0.3) is 0 Å². The molecule has 0 aromatic heterocycles. The van der Waals surface area contributed by atoms with Crippen molar-refractivity contribution in [2.75, 3.05) is 0 Å². The van der Waals surface area contributed by atoms with E-state index < -0.39 is 59.5 Å². The van der Waals surface area contributed by atoms with Crippen LogP contribution in [0.15, 0.2) is 0 Å². The number of aliphatic carboxylic acids is 1. The van der Waals surface area contributed by atoms with Crippen LogP contribution in [0.1, 0.15) is 0 Å². The highest BCUT2D eigenvalue weighted by atomic mass is 19.4. The maximum atomic E-state index is 13.6. The lowest BCUT2D eigenvalue weighted by Gasteiger charge is -2.46. The summed E-state index contributed by atoms with van der Waals surface area (Å²) in [4.78, 5) is 9.96. The molecule has 186 valence electrons. The van der Waals surface area contributed by atoms with Gasteiger partial charge < -0.3 is 5.11 Å². The Morgan fingerprint density at radius 3 is 0.839 bits per heavy atom. The van der Waals surface area contributed by atoms with Crippen LogP contribution < -0.4 is 0 Å². The van der Waals surface area contributed by atoms with Gasteiger partial charge in [0.15, 0.2) is 0 Å². The Morgan fingerprint density at radius 2 is 0.645 bits per heavy atom. The van der Waals surface area contributed by atoms with E-state index in [4.69, 9.17) is 5.11 Å². The van der Waals surface area contributed by atoms with Crippen molar-refractivity contribution in [3.05, 3.63) is 0 Å². The molecular formula is C10HF19O2. The molecule has 0 radical (unpaired) electrons. The Morgan fingerprint density at radius 1 is 0.419 bits per heavy atom. The van der Waals surface area contributed by atoms with Crippen LogP contribution in [0.4, 0.5) is 83.4 Å². The summed E-state index contributed by atoms with van der Waals surface area (Å²) in [5.41, 5.74) is -17.7. The molecule has 0 bridgehead atoms. The summed E-state index contributed by atoms with van der Waals surface area (Å²) >= 11 is 0. The number of hydrogen-bond donors (Lipinski definition) is 1. The molecule has 0 heterocycles. The summed E-state index contributed by atoms with van der Waals surface area (Å²) in [7, 11) is 0. The van der Waals surface area contributed by atoms with E-state index in [0.29, 0.717) is 0 Å². The highest BCUT2D eigenvalue weighted by molar-refractivity contribution is 5.78. The van der Waals surface area contributed by atoms with Crippen molar-refractivity contribution in [1.29, 1.82) is 0 Å². The predicted octanol–water partition coefficient (Wildman–Crippen LogP) is 5.72. The average molecular weight is 514 g/mol. The van der Waals surface area contributed by atoms with Crippen molar-refractivity contribution in [3.63, 3.8) is 0 Å². The van der Waals surface area contributed by atoms with Gasteiger partial charge in [-0.15, -0.1) is 0 Å². The van der Waals surface area contributed by atoms with Crippen molar-refractivity contribution in [2.24, 2.45) is 0 Å². The average Bonchev–Trinajstić information content (AvgIpc) is 2.48. The van der Waals surface area contributed by atoms with Gasteiger partial charge in [0.2, 0.25) is 0 Å². The minimum atomic E-state index is -9.25. The Labute approximate surface area is 154 Å². The number of hydrogen-bond acceptors (Lipinski definition) is 1. The summed E-state index contributed by atoms with van der Waals surface area (Å²) in [6.07, 6.45) is -25.2. The van der Waals surface area contributed by atoms with Gasteiger partial charge in [-0.3, -0.25) is 0 Å². The Kier molecular flexibility index (Phi) is 6.41. The monoisotopic (exact) mass is 514 g/mol. The molecule has 1 atom stereocenters. The Bertz CT molecular complexity index is 682. The molecule has 0 aromatic rings. The fraction of sp³-hybridized carbons (Fsp3) is 0.900. The van der Waals surface area contributed by atoms with Crippen LogP contribution in [0.2, 0.25) is 0 Å². The second-order valence-electron chi connectivity index (χ2n) is 5.41. The molecule has 1 N–H and O–H groups in total. The normalized spacial score (nSPS) is 18.0. The molecule has 0 aliphatic heterocycles. The number of rotatable bonds is 6. The van der Waals surface area contributed by atoms with Gasteiger partial charge in [0, 0.05) is 0 Å². The van der Waals surface area contributed by atoms with E-state index in [2.05, 4.69) is 0 Å². The molecule has 0 amide bonds. The third kappa shape index (κ3) is 3.32. The second kappa shape index (κ2) is 6.82. The SMILES string of the molecule is O=C(O)C(F)(F)[C@@](F)(C(F)(F)F)C(F)(F)C(F)(F)C(F)(F)C(F)(C(F)(F)F)C(F)(F)F. The summed E-state index contributed by atoms with van der Waals surface area (Å²) in [6, 6.07) is 0. The van der Waals surface area contributed by atoms with Gasteiger partial charge in [-0.05, 0) is 0 Å². The smallest absolute Gasteiger partial charge is 0.438 e. The lowest BCUT2D eigenvalue weighted by molar-refractivity contribution is -0.469. The van der Waals surface area contributed by atoms with Crippen LogP contribution in [0.5, 0.6) is 0 Å². The van der Waals surface area contributed by atoms with Crippen LogP contribution in [0.3, 0.4) is 0 Å². The first-order chi connectivity index (χ1) is 12.9. The molecular weight excluding hydrogens is 513 g/mol. The molecule has 0 unspecified atom stereocenters. The van der Waals surface area contributed by atoms with Gasteiger partial charge in [0.25, 0.3) is 0 Å². The lowest BCUT2D eigenvalue weighted by atomic mass is 9.79. The lowest BCUT2D eigenvalue weighted by Crippen LogP contribution is -2.80. The van der Waals surface area contributed by atoms with Gasteiger partial charge in [0.05, 0.1) is 0 Å². The molecule has 0 aromatic carbocycles. The van der Waals surface area contributed by atoms with Crippen LogP contribution >= 0.6 is 0 Å². The van der Waals surface area contributed by atoms with E-state index in [1.807, 2.05) is 0 Å². The molecule has 0 aliphatic carbocycles. The van der Waals surface area contributed by atoms with E-state index >= 15 is 0 Å². The third-order valence-electron chi connectivity index (χ3n) is 3.53. The number of carbonyl (C=O) groups is 1. The Balaban J connectivity index is 7.48. The number of alkyl halides is 19. The van der Waals surface area contributed by atoms with Gasteiger partial charge >= 0.3 is 59.5 Å². The number of carboxylic acid groups (broad SMARTS) is 1.